The number of rotatable bonds is 1. The molecule has 7 aromatic rings. The van der Waals surface area contributed by atoms with Crippen LogP contribution < -0.4 is 0 Å². The van der Waals surface area contributed by atoms with Gasteiger partial charge in [0.25, 0.3) is 0 Å². The fourth-order valence-corrected chi connectivity index (χ4v) is 6.63. The molecule has 0 saturated heterocycles. The molecule has 1 nitrogen and oxygen atoms in total. The van der Waals surface area contributed by atoms with Gasteiger partial charge in [-0.25, -0.2) is 0 Å². The van der Waals surface area contributed by atoms with Gasteiger partial charge in [0.05, 0.1) is 16.7 Å². The first-order chi connectivity index (χ1) is 17.6. The van der Waals surface area contributed by atoms with Crippen LogP contribution in [-0.2, 0) is 5.41 Å². The number of aromatic nitrogens is 1. The van der Waals surface area contributed by atoms with Gasteiger partial charge in [-0.15, -0.1) is 0 Å². The van der Waals surface area contributed by atoms with E-state index in [0.29, 0.717) is 0 Å². The van der Waals surface area contributed by atoms with E-state index in [-0.39, 0.29) is 5.41 Å². The zero-order valence-corrected chi connectivity index (χ0v) is 20.4. The Morgan fingerprint density at radius 1 is 0.500 bits per heavy atom. The minimum atomic E-state index is -0.00257. The summed E-state index contributed by atoms with van der Waals surface area (Å²) in [5.41, 5.74) is 9.33. The second kappa shape index (κ2) is 6.86. The molecule has 0 N–H and O–H groups in total. The van der Waals surface area contributed by atoms with Crippen LogP contribution in [-0.4, -0.2) is 4.57 Å². The average molecular weight is 460 g/mol. The summed E-state index contributed by atoms with van der Waals surface area (Å²) in [6.07, 6.45) is 0. The molecule has 0 fully saturated rings. The molecule has 0 amide bonds. The second-order valence-electron chi connectivity index (χ2n) is 10.6. The number of para-hydroxylation sites is 1. The van der Waals surface area contributed by atoms with E-state index in [1.807, 2.05) is 0 Å². The highest BCUT2D eigenvalue weighted by Crippen LogP contribution is 2.50. The standard InChI is InChI=1S/C35H25N/c1-35(2)30-15-7-5-13-25(30)29-21-28-23(20-31(29)35)18-19-27-26-14-6-8-16-33(26)36(34(27)28)32-17-9-11-22-10-3-4-12-24(22)32/h3-21H,1-2H3. The third kappa shape index (κ3) is 2.45. The maximum atomic E-state index is 2.49. The minimum absolute atomic E-state index is 0.00257. The fourth-order valence-electron chi connectivity index (χ4n) is 6.63. The van der Waals surface area contributed by atoms with E-state index in [2.05, 4.69) is 134 Å². The Morgan fingerprint density at radius 2 is 1.25 bits per heavy atom. The number of hydrogen-bond donors (Lipinski definition) is 0. The van der Waals surface area contributed by atoms with Crippen molar-refractivity contribution in [2.45, 2.75) is 19.3 Å². The van der Waals surface area contributed by atoms with Crippen molar-refractivity contribution in [1.29, 1.82) is 0 Å². The molecule has 0 saturated carbocycles. The molecule has 1 heteroatoms. The molecule has 1 aliphatic carbocycles. The molecule has 1 heterocycles. The quantitative estimate of drug-likeness (QED) is 0.230. The smallest absolute Gasteiger partial charge is 0.0619 e. The third-order valence-corrected chi connectivity index (χ3v) is 8.36. The Balaban J connectivity index is 1.58. The molecule has 0 radical (unpaired) electrons. The zero-order chi connectivity index (χ0) is 24.0. The van der Waals surface area contributed by atoms with Crippen LogP contribution in [0.2, 0.25) is 0 Å². The van der Waals surface area contributed by atoms with Gasteiger partial charge >= 0.3 is 0 Å². The van der Waals surface area contributed by atoms with Crippen LogP contribution in [0.1, 0.15) is 25.0 Å². The summed E-state index contributed by atoms with van der Waals surface area (Å²) >= 11 is 0. The van der Waals surface area contributed by atoms with Gasteiger partial charge in [0, 0.05) is 27.0 Å². The van der Waals surface area contributed by atoms with E-state index in [9.17, 15) is 0 Å². The van der Waals surface area contributed by atoms with Crippen LogP contribution in [0.25, 0.3) is 60.2 Å². The van der Waals surface area contributed by atoms with Gasteiger partial charge in [0.15, 0.2) is 0 Å². The molecule has 170 valence electrons. The van der Waals surface area contributed by atoms with E-state index in [1.54, 1.807) is 0 Å². The van der Waals surface area contributed by atoms with Crippen molar-refractivity contribution < 1.29 is 0 Å². The number of benzene rings is 6. The first kappa shape index (κ1) is 19.9. The van der Waals surface area contributed by atoms with Crippen LogP contribution in [0.4, 0.5) is 0 Å². The van der Waals surface area contributed by atoms with Crippen LogP contribution in [0, 0.1) is 0 Å². The lowest BCUT2D eigenvalue weighted by atomic mass is 9.82. The Morgan fingerprint density at radius 3 is 2.17 bits per heavy atom. The van der Waals surface area contributed by atoms with Crippen molar-refractivity contribution in [2.24, 2.45) is 0 Å². The van der Waals surface area contributed by atoms with Gasteiger partial charge in [-0.3, -0.25) is 0 Å². The van der Waals surface area contributed by atoms with Crippen molar-refractivity contribution >= 4 is 43.4 Å². The average Bonchev–Trinajstić information content (AvgIpc) is 3.37. The van der Waals surface area contributed by atoms with E-state index >= 15 is 0 Å². The van der Waals surface area contributed by atoms with Crippen LogP contribution in [0.5, 0.6) is 0 Å². The normalized spacial score (nSPS) is 14.1. The van der Waals surface area contributed by atoms with E-state index in [4.69, 9.17) is 0 Å². The topological polar surface area (TPSA) is 4.93 Å². The molecule has 0 unspecified atom stereocenters. The first-order valence-corrected chi connectivity index (χ1v) is 12.7. The molecular formula is C35H25N. The monoisotopic (exact) mass is 459 g/mol. The van der Waals surface area contributed by atoms with Crippen molar-refractivity contribution in [1.82, 2.24) is 4.57 Å². The predicted octanol–water partition coefficient (Wildman–Crippen LogP) is 9.40. The lowest BCUT2D eigenvalue weighted by molar-refractivity contribution is 0.661. The zero-order valence-electron chi connectivity index (χ0n) is 20.4. The summed E-state index contributed by atoms with van der Waals surface area (Å²) < 4.78 is 2.49. The Hall–Kier alpha value is -4.36. The molecule has 1 aromatic heterocycles. The lowest BCUT2D eigenvalue weighted by Gasteiger charge is -2.22. The van der Waals surface area contributed by atoms with Crippen molar-refractivity contribution in [3.05, 3.63) is 126 Å². The fraction of sp³-hybridized carbons (Fsp3) is 0.0857. The molecule has 36 heavy (non-hydrogen) atoms. The predicted molar refractivity (Wildman–Crippen MR) is 153 cm³/mol. The van der Waals surface area contributed by atoms with Gasteiger partial charge in [-0.1, -0.05) is 105 Å². The van der Waals surface area contributed by atoms with Crippen molar-refractivity contribution in [3.8, 4) is 16.8 Å². The Kier molecular flexibility index (Phi) is 3.79. The highest BCUT2D eigenvalue weighted by molar-refractivity contribution is 6.20. The van der Waals surface area contributed by atoms with Crippen LogP contribution in [0.3, 0.4) is 0 Å². The summed E-state index contributed by atoms with van der Waals surface area (Å²) in [7, 11) is 0. The largest absolute Gasteiger partial charge is 0.308 e. The Bertz CT molecular complexity index is 2010. The van der Waals surface area contributed by atoms with E-state index in [0.717, 1.165) is 0 Å². The maximum Gasteiger partial charge on any atom is 0.0619 e. The lowest BCUT2D eigenvalue weighted by Crippen LogP contribution is -2.14. The highest BCUT2D eigenvalue weighted by atomic mass is 15.0. The van der Waals surface area contributed by atoms with Crippen molar-refractivity contribution in [2.75, 3.05) is 0 Å². The van der Waals surface area contributed by atoms with Crippen LogP contribution >= 0.6 is 0 Å². The molecular weight excluding hydrogens is 434 g/mol. The first-order valence-electron chi connectivity index (χ1n) is 12.7. The van der Waals surface area contributed by atoms with Gasteiger partial charge in [-0.2, -0.15) is 0 Å². The molecule has 0 spiro atoms. The summed E-state index contributed by atoms with van der Waals surface area (Å²) in [5, 5.41) is 7.74. The van der Waals surface area contributed by atoms with Gasteiger partial charge in [-0.05, 0) is 57.3 Å². The highest BCUT2D eigenvalue weighted by Gasteiger charge is 2.35. The number of nitrogens with zero attached hydrogens (tertiary/aromatic N) is 1. The molecule has 1 aliphatic rings. The molecule has 0 atom stereocenters. The summed E-state index contributed by atoms with van der Waals surface area (Å²) in [6, 6.07) is 42.6. The summed E-state index contributed by atoms with van der Waals surface area (Å²) in [5.74, 6) is 0. The molecule has 6 aromatic carbocycles. The van der Waals surface area contributed by atoms with E-state index < -0.39 is 0 Å². The minimum Gasteiger partial charge on any atom is -0.308 e. The van der Waals surface area contributed by atoms with Crippen molar-refractivity contribution in [3.63, 3.8) is 0 Å². The number of hydrogen-bond acceptors (Lipinski definition) is 0. The third-order valence-electron chi connectivity index (χ3n) is 8.36. The molecule has 0 bridgehead atoms. The molecule has 8 rings (SSSR count). The molecule has 0 aliphatic heterocycles. The van der Waals surface area contributed by atoms with Gasteiger partial charge in [0.2, 0.25) is 0 Å². The van der Waals surface area contributed by atoms with Crippen LogP contribution in [0.15, 0.2) is 115 Å². The SMILES string of the molecule is CC1(C)c2ccccc2-c2cc3c(ccc4c5ccccc5n(-c5cccc6ccccc56)c34)cc21. The van der Waals surface area contributed by atoms with Gasteiger partial charge in [0.1, 0.15) is 0 Å². The van der Waals surface area contributed by atoms with Gasteiger partial charge < -0.3 is 4.57 Å². The second-order valence-corrected chi connectivity index (χ2v) is 10.6. The summed E-state index contributed by atoms with van der Waals surface area (Å²) in [4.78, 5) is 0. The maximum absolute atomic E-state index is 2.49. The number of fused-ring (bicyclic) bond motifs is 9. The summed E-state index contributed by atoms with van der Waals surface area (Å²) in [6.45, 7) is 4.71. The van der Waals surface area contributed by atoms with E-state index in [1.165, 1.54) is 71.3 Å². The Labute approximate surface area is 210 Å².